The molecule has 0 unspecified atom stereocenters. The van der Waals surface area contributed by atoms with Gasteiger partial charge in [-0.25, -0.2) is 0 Å². The van der Waals surface area contributed by atoms with Crippen molar-refractivity contribution in [1.82, 2.24) is 0 Å². The molecule has 7 heteroatoms. The summed E-state index contributed by atoms with van der Waals surface area (Å²) in [6, 6.07) is 11.6. The lowest BCUT2D eigenvalue weighted by Crippen LogP contribution is -2.29. The van der Waals surface area contributed by atoms with Crippen molar-refractivity contribution in [2.24, 2.45) is 0 Å². The third kappa shape index (κ3) is 4.63. The molecule has 0 fully saturated rings. The Labute approximate surface area is 149 Å². The number of hydrogen-bond donors (Lipinski definition) is 2. The van der Waals surface area contributed by atoms with E-state index in [1.807, 2.05) is 13.8 Å². The Kier molecular flexibility index (Phi) is 6.06. The molecular weight excluding hydrogens is 351 g/mol. The smallest absolute Gasteiger partial charge is 0.314 e. The van der Waals surface area contributed by atoms with E-state index in [9.17, 15) is 9.59 Å². The van der Waals surface area contributed by atoms with Gasteiger partial charge in [0.15, 0.2) is 0 Å². The minimum Gasteiger partial charge on any atom is -0.489 e. The molecule has 2 rings (SSSR count). The van der Waals surface area contributed by atoms with Gasteiger partial charge in [0.1, 0.15) is 5.75 Å². The summed E-state index contributed by atoms with van der Waals surface area (Å²) in [5.41, 5.74) is 0.587. The van der Waals surface area contributed by atoms with Crippen LogP contribution < -0.4 is 15.4 Å². The molecule has 0 aliphatic rings. The maximum atomic E-state index is 12.1. The number of anilines is 2. The number of nitrogens with one attached hydrogen (secondary N) is 2. The van der Waals surface area contributed by atoms with E-state index in [0.717, 1.165) is 0 Å². The number of carbonyl (C=O) groups is 2. The molecule has 5 nitrogen and oxygen atoms in total. The Hall–Kier alpha value is -2.24. The van der Waals surface area contributed by atoms with E-state index in [0.29, 0.717) is 11.4 Å². The summed E-state index contributed by atoms with van der Waals surface area (Å²) in [6.45, 7) is 3.73. The van der Waals surface area contributed by atoms with Crippen LogP contribution in [0.15, 0.2) is 42.5 Å². The van der Waals surface area contributed by atoms with E-state index in [-0.39, 0.29) is 21.8 Å². The van der Waals surface area contributed by atoms with Crippen molar-refractivity contribution >= 4 is 46.4 Å². The first kappa shape index (κ1) is 18.1. The molecule has 2 aromatic carbocycles. The summed E-state index contributed by atoms with van der Waals surface area (Å²) >= 11 is 11.9. The average Bonchev–Trinajstić information content (AvgIpc) is 2.52. The van der Waals surface area contributed by atoms with E-state index in [4.69, 9.17) is 27.9 Å². The van der Waals surface area contributed by atoms with E-state index in [1.54, 1.807) is 42.5 Å². The second-order valence-corrected chi connectivity index (χ2v) is 5.98. The van der Waals surface area contributed by atoms with Gasteiger partial charge in [0.2, 0.25) is 0 Å². The van der Waals surface area contributed by atoms with E-state index in [1.165, 1.54) is 0 Å². The van der Waals surface area contributed by atoms with Gasteiger partial charge in [-0.2, -0.15) is 0 Å². The van der Waals surface area contributed by atoms with Crippen LogP contribution in [0.2, 0.25) is 10.0 Å². The van der Waals surface area contributed by atoms with Crippen LogP contribution in [0, 0.1) is 0 Å². The van der Waals surface area contributed by atoms with E-state index < -0.39 is 11.8 Å². The normalized spacial score (nSPS) is 10.4. The Morgan fingerprint density at radius 3 is 2.12 bits per heavy atom. The van der Waals surface area contributed by atoms with Crippen molar-refractivity contribution < 1.29 is 14.3 Å². The number of para-hydroxylation sites is 3. The lowest BCUT2D eigenvalue weighted by atomic mass is 10.2. The fourth-order valence-corrected chi connectivity index (χ4v) is 2.39. The second-order valence-electron chi connectivity index (χ2n) is 5.17. The Morgan fingerprint density at radius 2 is 1.50 bits per heavy atom. The van der Waals surface area contributed by atoms with Crippen LogP contribution in [0.25, 0.3) is 0 Å². The van der Waals surface area contributed by atoms with Crippen LogP contribution >= 0.6 is 23.2 Å². The van der Waals surface area contributed by atoms with Crippen LogP contribution in [-0.4, -0.2) is 17.9 Å². The highest BCUT2D eigenvalue weighted by atomic mass is 35.5. The van der Waals surface area contributed by atoms with Crippen molar-refractivity contribution in [3.05, 3.63) is 52.5 Å². The number of halogens is 2. The number of benzene rings is 2. The standard InChI is InChI=1S/C17H16Cl2N2O3/c1-10(2)24-14-9-4-3-8-13(14)20-16(22)17(23)21-15-11(18)6-5-7-12(15)19/h3-10H,1-2H3,(H,20,22)(H,21,23). The van der Waals surface area contributed by atoms with Crippen LogP contribution in [0.3, 0.4) is 0 Å². The van der Waals surface area contributed by atoms with Gasteiger partial charge >= 0.3 is 11.8 Å². The summed E-state index contributed by atoms with van der Waals surface area (Å²) in [5.74, 6) is -1.26. The van der Waals surface area contributed by atoms with E-state index >= 15 is 0 Å². The molecule has 0 bridgehead atoms. The van der Waals surface area contributed by atoms with Crippen LogP contribution in [-0.2, 0) is 9.59 Å². The van der Waals surface area contributed by atoms with E-state index in [2.05, 4.69) is 10.6 Å². The largest absolute Gasteiger partial charge is 0.489 e. The minimum absolute atomic E-state index is 0.0705. The van der Waals surface area contributed by atoms with Crippen molar-refractivity contribution in [2.75, 3.05) is 10.6 Å². The summed E-state index contributed by atoms with van der Waals surface area (Å²) in [4.78, 5) is 24.2. The zero-order valence-corrected chi connectivity index (χ0v) is 14.6. The van der Waals surface area contributed by atoms with Crippen molar-refractivity contribution in [1.29, 1.82) is 0 Å². The average molecular weight is 367 g/mol. The fourth-order valence-electron chi connectivity index (χ4n) is 1.89. The summed E-state index contributed by atoms with van der Waals surface area (Å²) < 4.78 is 5.59. The Morgan fingerprint density at radius 1 is 0.917 bits per heavy atom. The van der Waals surface area contributed by atoms with Crippen LogP contribution in [0.4, 0.5) is 11.4 Å². The first-order valence-corrected chi connectivity index (χ1v) is 7.96. The summed E-state index contributed by atoms with van der Waals surface area (Å²) in [7, 11) is 0. The van der Waals surface area contributed by atoms with Gasteiger partial charge in [-0.3, -0.25) is 9.59 Å². The van der Waals surface area contributed by atoms with Gasteiger partial charge in [0.25, 0.3) is 0 Å². The lowest BCUT2D eigenvalue weighted by molar-refractivity contribution is -0.133. The van der Waals surface area contributed by atoms with Gasteiger partial charge in [-0.15, -0.1) is 0 Å². The van der Waals surface area contributed by atoms with Crippen molar-refractivity contribution in [2.45, 2.75) is 20.0 Å². The molecule has 0 atom stereocenters. The predicted octanol–water partition coefficient (Wildman–Crippen LogP) is 4.36. The molecule has 2 aromatic rings. The zero-order chi connectivity index (χ0) is 17.7. The maximum Gasteiger partial charge on any atom is 0.314 e. The highest BCUT2D eigenvalue weighted by Gasteiger charge is 2.18. The quantitative estimate of drug-likeness (QED) is 0.790. The molecule has 0 heterocycles. The number of amides is 2. The first-order valence-electron chi connectivity index (χ1n) is 7.20. The molecule has 2 amide bonds. The molecule has 0 aromatic heterocycles. The Balaban J connectivity index is 2.11. The summed E-state index contributed by atoms with van der Waals surface area (Å²) in [5, 5.41) is 5.40. The molecular formula is C17H16Cl2N2O3. The number of rotatable bonds is 4. The molecule has 0 spiro atoms. The molecule has 2 N–H and O–H groups in total. The maximum absolute atomic E-state index is 12.1. The fraction of sp³-hybridized carbons (Fsp3) is 0.176. The monoisotopic (exact) mass is 366 g/mol. The Bertz CT molecular complexity index is 743. The minimum atomic E-state index is -0.885. The van der Waals surface area contributed by atoms with Crippen molar-refractivity contribution in [3.63, 3.8) is 0 Å². The molecule has 0 radical (unpaired) electrons. The molecule has 0 saturated carbocycles. The van der Waals surface area contributed by atoms with Crippen LogP contribution in [0.1, 0.15) is 13.8 Å². The second kappa shape index (κ2) is 8.04. The zero-order valence-electron chi connectivity index (χ0n) is 13.1. The number of hydrogen-bond acceptors (Lipinski definition) is 3. The molecule has 0 aliphatic carbocycles. The molecule has 0 aliphatic heterocycles. The SMILES string of the molecule is CC(C)Oc1ccccc1NC(=O)C(=O)Nc1c(Cl)cccc1Cl. The summed E-state index contributed by atoms with van der Waals surface area (Å²) in [6.07, 6.45) is -0.0705. The molecule has 0 saturated heterocycles. The molecule has 126 valence electrons. The predicted molar refractivity (Wildman–Crippen MR) is 95.9 cm³/mol. The number of ether oxygens (including phenoxy) is 1. The third-order valence-electron chi connectivity index (χ3n) is 2.91. The third-order valence-corrected chi connectivity index (χ3v) is 3.54. The van der Waals surface area contributed by atoms with Gasteiger partial charge in [0, 0.05) is 0 Å². The van der Waals surface area contributed by atoms with Crippen LogP contribution in [0.5, 0.6) is 5.75 Å². The van der Waals surface area contributed by atoms with Crippen molar-refractivity contribution in [3.8, 4) is 5.75 Å². The van der Waals surface area contributed by atoms with Gasteiger partial charge in [-0.1, -0.05) is 41.4 Å². The van der Waals surface area contributed by atoms with Gasteiger partial charge in [0.05, 0.1) is 27.5 Å². The highest BCUT2D eigenvalue weighted by Crippen LogP contribution is 2.30. The van der Waals surface area contributed by atoms with Gasteiger partial charge in [-0.05, 0) is 38.1 Å². The lowest BCUT2D eigenvalue weighted by Gasteiger charge is -2.15. The molecule has 24 heavy (non-hydrogen) atoms. The number of carbonyl (C=O) groups excluding carboxylic acids is 2. The highest BCUT2D eigenvalue weighted by molar-refractivity contribution is 6.46. The first-order chi connectivity index (χ1) is 11.4. The topological polar surface area (TPSA) is 67.4 Å². The van der Waals surface area contributed by atoms with Gasteiger partial charge < -0.3 is 15.4 Å².